The Kier molecular flexibility index (Phi) is 9.18. The molecular weight excluding hydrogens is 321 g/mol. The van der Waals surface area contributed by atoms with E-state index in [0.717, 1.165) is 37.4 Å². The van der Waals surface area contributed by atoms with Gasteiger partial charge in [0.1, 0.15) is 0 Å². The van der Waals surface area contributed by atoms with Gasteiger partial charge in [-0.25, -0.2) is 0 Å². The summed E-state index contributed by atoms with van der Waals surface area (Å²) >= 11 is 5.88. The van der Waals surface area contributed by atoms with E-state index >= 15 is 0 Å². The van der Waals surface area contributed by atoms with Crippen molar-refractivity contribution in [1.29, 1.82) is 0 Å². The summed E-state index contributed by atoms with van der Waals surface area (Å²) in [5, 5.41) is 6.88. The molecule has 1 aromatic carbocycles. The van der Waals surface area contributed by atoms with Crippen molar-refractivity contribution in [3.05, 3.63) is 28.8 Å². The van der Waals surface area contributed by atoms with Gasteiger partial charge in [0.25, 0.3) is 0 Å². The number of benzene rings is 1. The standard InChI is InChI=1S/C13H18ClN3O.2ClH/c1-10-8-11(14)2-3-12(10)16-13(18)9-17-6-4-15-5-7-17;;/h2-3,8,15H,4-7,9H2,1H3,(H,16,18);2*1H. The van der Waals surface area contributed by atoms with Gasteiger partial charge in [0.15, 0.2) is 0 Å². The van der Waals surface area contributed by atoms with E-state index in [4.69, 9.17) is 11.6 Å². The second-order valence-electron chi connectivity index (χ2n) is 4.53. The van der Waals surface area contributed by atoms with Crippen LogP contribution < -0.4 is 10.6 Å². The van der Waals surface area contributed by atoms with Gasteiger partial charge in [-0.15, -0.1) is 24.8 Å². The minimum atomic E-state index is 0. The fourth-order valence-corrected chi connectivity index (χ4v) is 2.26. The molecule has 0 radical (unpaired) electrons. The largest absolute Gasteiger partial charge is 0.325 e. The van der Waals surface area contributed by atoms with Crippen molar-refractivity contribution < 1.29 is 4.79 Å². The number of hydrogen-bond donors (Lipinski definition) is 2. The second-order valence-corrected chi connectivity index (χ2v) is 4.97. The molecule has 1 fully saturated rings. The van der Waals surface area contributed by atoms with Crippen LogP contribution in [-0.2, 0) is 4.79 Å². The van der Waals surface area contributed by atoms with E-state index < -0.39 is 0 Å². The minimum Gasteiger partial charge on any atom is -0.325 e. The van der Waals surface area contributed by atoms with E-state index in [1.54, 1.807) is 6.07 Å². The lowest BCUT2D eigenvalue weighted by atomic mass is 10.2. The quantitative estimate of drug-likeness (QED) is 0.887. The third-order valence-electron chi connectivity index (χ3n) is 3.04. The van der Waals surface area contributed by atoms with E-state index in [1.807, 2.05) is 19.1 Å². The number of halogens is 3. The number of hydrogen-bond acceptors (Lipinski definition) is 3. The van der Waals surface area contributed by atoms with Crippen LogP contribution in [0.15, 0.2) is 18.2 Å². The SMILES string of the molecule is Cc1cc(Cl)ccc1NC(=O)CN1CCNCC1.Cl.Cl. The molecule has 1 aromatic rings. The first-order chi connectivity index (χ1) is 8.65. The highest BCUT2D eigenvalue weighted by molar-refractivity contribution is 6.30. The Balaban J connectivity index is 0.00000180. The third-order valence-corrected chi connectivity index (χ3v) is 3.27. The fraction of sp³-hybridized carbons (Fsp3) is 0.462. The van der Waals surface area contributed by atoms with Crippen LogP contribution in [0.3, 0.4) is 0 Å². The van der Waals surface area contributed by atoms with Crippen LogP contribution in [0.4, 0.5) is 5.69 Å². The molecule has 1 aliphatic heterocycles. The number of carbonyl (C=O) groups is 1. The predicted molar refractivity (Wildman–Crippen MR) is 88.6 cm³/mol. The zero-order valence-corrected chi connectivity index (χ0v) is 13.7. The molecule has 0 aliphatic carbocycles. The summed E-state index contributed by atoms with van der Waals surface area (Å²) in [6.07, 6.45) is 0. The fourth-order valence-electron chi connectivity index (χ4n) is 2.03. The summed E-state index contributed by atoms with van der Waals surface area (Å²) in [4.78, 5) is 14.1. The Bertz CT molecular complexity index is 437. The number of amides is 1. The highest BCUT2D eigenvalue weighted by atomic mass is 35.5. The smallest absolute Gasteiger partial charge is 0.238 e. The highest BCUT2D eigenvalue weighted by Gasteiger charge is 2.13. The van der Waals surface area contributed by atoms with Crippen LogP contribution in [0, 0.1) is 6.92 Å². The lowest BCUT2D eigenvalue weighted by molar-refractivity contribution is -0.117. The van der Waals surface area contributed by atoms with Crippen LogP contribution in [0.2, 0.25) is 5.02 Å². The predicted octanol–water partition coefficient (Wildman–Crippen LogP) is 2.34. The Morgan fingerprint density at radius 1 is 1.35 bits per heavy atom. The van der Waals surface area contributed by atoms with E-state index in [0.29, 0.717) is 11.6 Å². The first kappa shape index (κ1) is 19.5. The number of carbonyl (C=O) groups excluding carboxylic acids is 1. The number of piperazine rings is 1. The number of rotatable bonds is 3. The molecule has 1 saturated heterocycles. The summed E-state index contributed by atoms with van der Waals surface area (Å²) in [6.45, 7) is 6.14. The highest BCUT2D eigenvalue weighted by Crippen LogP contribution is 2.19. The summed E-state index contributed by atoms with van der Waals surface area (Å²) in [5.41, 5.74) is 1.82. The van der Waals surface area contributed by atoms with Crippen molar-refractivity contribution in [2.45, 2.75) is 6.92 Å². The summed E-state index contributed by atoms with van der Waals surface area (Å²) < 4.78 is 0. The van der Waals surface area contributed by atoms with Crippen LogP contribution in [0.5, 0.6) is 0 Å². The van der Waals surface area contributed by atoms with E-state index in [1.165, 1.54) is 0 Å². The van der Waals surface area contributed by atoms with Crippen LogP contribution in [0.1, 0.15) is 5.56 Å². The molecule has 0 atom stereocenters. The monoisotopic (exact) mass is 339 g/mol. The van der Waals surface area contributed by atoms with Gasteiger partial charge < -0.3 is 10.6 Å². The van der Waals surface area contributed by atoms with Crippen LogP contribution >= 0.6 is 36.4 Å². The van der Waals surface area contributed by atoms with Gasteiger partial charge in [0.2, 0.25) is 5.91 Å². The Hall–Kier alpha value is -0.520. The molecule has 20 heavy (non-hydrogen) atoms. The van der Waals surface area contributed by atoms with Crippen molar-refractivity contribution in [2.24, 2.45) is 0 Å². The molecule has 1 aliphatic rings. The van der Waals surface area contributed by atoms with Gasteiger partial charge >= 0.3 is 0 Å². The van der Waals surface area contributed by atoms with Gasteiger partial charge in [-0.3, -0.25) is 9.69 Å². The normalized spacial score (nSPS) is 14.9. The first-order valence-corrected chi connectivity index (χ1v) is 6.52. The van der Waals surface area contributed by atoms with E-state index in [2.05, 4.69) is 15.5 Å². The number of anilines is 1. The van der Waals surface area contributed by atoms with Crippen molar-refractivity contribution in [2.75, 3.05) is 38.0 Å². The van der Waals surface area contributed by atoms with Gasteiger partial charge in [-0.2, -0.15) is 0 Å². The summed E-state index contributed by atoms with van der Waals surface area (Å²) in [6, 6.07) is 5.48. The lowest BCUT2D eigenvalue weighted by Crippen LogP contribution is -2.46. The number of nitrogens with zero attached hydrogens (tertiary/aromatic N) is 1. The Morgan fingerprint density at radius 2 is 2.00 bits per heavy atom. The summed E-state index contributed by atoms with van der Waals surface area (Å²) in [5.74, 6) is 0.0299. The molecule has 1 amide bonds. The average molecular weight is 341 g/mol. The zero-order valence-electron chi connectivity index (χ0n) is 11.3. The molecule has 2 N–H and O–H groups in total. The Morgan fingerprint density at radius 3 is 2.60 bits per heavy atom. The van der Waals surface area contributed by atoms with Crippen molar-refractivity contribution in [1.82, 2.24) is 10.2 Å². The van der Waals surface area contributed by atoms with E-state index in [-0.39, 0.29) is 30.7 Å². The molecule has 0 aromatic heterocycles. The molecule has 7 heteroatoms. The molecule has 0 unspecified atom stereocenters. The number of aryl methyl sites for hydroxylation is 1. The maximum absolute atomic E-state index is 11.9. The molecular formula is C13H20Cl3N3O. The zero-order chi connectivity index (χ0) is 13.0. The van der Waals surface area contributed by atoms with E-state index in [9.17, 15) is 4.79 Å². The average Bonchev–Trinajstić information content (AvgIpc) is 2.34. The maximum atomic E-state index is 11.9. The molecule has 2 rings (SSSR count). The van der Waals surface area contributed by atoms with Crippen LogP contribution in [-0.4, -0.2) is 43.5 Å². The van der Waals surface area contributed by atoms with Gasteiger partial charge in [0.05, 0.1) is 6.54 Å². The summed E-state index contributed by atoms with van der Waals surface area (Å²) in [7, 11) is 0. The molecule has 114 valence electrons. The number of nitrogens with one attached hydrogen (secondary N) is 2. The molecule has 0 saturated carbocycles. The maximum Gasteiger partial charge on any atom is 0.238 e. The van der Waals surface area contributed by atoms with Crippen LogP contribution in [0.25, 0.3) is 0 Å². The Labute approximate surface area is 137 Å². The van der Waals surface area contributed by atoms with Gasteiger partial charge in [0, 0.05) is 36.9 Å². The van der Waals surface area contributed by atoms with Crippen molar-refractivity contribution in [3.63, 3.8) is 0 Å². The molecule has 4 nitrogen and oxygen atoms in total. The van der Waals surface area contributed by atoms with Crippen molar-refractivity contribution in [3.8, 4) is 0 Å². The third kappa shape index (κ3) is 5.85. The molecule has 0 bridgehead atoms. The van der Waals surface area contributed by atoms with Gasteiger partial charge in [-0.1, -0.05) is 11.6 Å². The molecule has 1 heterocycles. The topological polar surface area (TPSA) is 44.4 Å². The second kappa shape index (κ2) is 9.42. The molecule has 0 spiro atoms. The lowest BCUT2D eigenvalue weighted by Gasteiger charge is -2.26. The minimum absolute atomic E-state index is 0. The van der Waals surface area contributed by atoms with Gasteiger partial charge in [-0.05, 0) is 30.7 Å². The first-order valence-electron chi connectivity index (χ1n) is 6.14. The van der Waals surface area contributed by atoms with Crippen molar-refractivity contribution >= 4 is 48.0 Å².